The highest BCUT2D eigenvalue weighted by molar-refractivity contribution is 5.85. The number of aromatic nitrogens is 2. The van der Waals surface area contributed by atoms with E-state index in [1.165, 1.54) is 0 Å². The Morgan fingerprint density at radius 3 is 2.67 bits per heavy atom. The molecule has 1 heterocycles. The number of aryl methyl sites for hydroxylation is 1. The van der Waals surface area contributed by atoms with E-state index in [2.05, 4.69) is 9.97 Å². The van der Waals surface area contributed by atoms with E-state index >= 15 is 0 Å². The predicted octanol–water partition coefficient (Wildman–Crippen LogP) is 1.27. The Morgan fingerprint density at radius 2 is 2.25 bits per heavy atom. The van der Waals surface area contributed by atoms with E-state index in [-0.39, 0.29) is 31.2 Å². The van der Waals surface area contributed by atoms with Crippen molar-refractivity contribution in [2.45, 2.75) is 12.8 Å². The second-order valence-corrected chi connectivity index (χ2v) is 1.93. The molecule has 0 saturated carbocycles. The first-order valence-corrected chi connectivity index (χ1v) is 2.99. The first-order valence-electron chi connectivity index (χ1n) is 2.99. The van der Waals surface area contributed by atoms with Gasteiger partial charge in [0.2, 0.25) is 0 Å². The third kappa shape index (κ3) is 4.98. The Balaban J connectivity index is 0. The molecule has 0 saturated heterocycles. The highest BCUT2D eigenvalue weighted by Gasteiger charge is 1.98. The zero-order valence-corrected chi connectivity index (χ0v) is 7.82. The minimum absolute atomic E-state index is 0. The first kappa shape index (κ1) is 13.8. The highest BCUT2D eigenvalue weighted by Crippen LogP contribution is 1.93. The zero-order chi connectivity index (χ0) is 7.40. The molecule has 4 nitrogen and oxygen atoms in total. The van der Waals surface area contributed by atoms with Gasteiger partial charge in [-0.2, -0.15) is 0 Å². The van der Waals surface area contributed by atoms with E-state index in [9.17, 15) is 4.79 Å². The largest absolute Gasteiger partial charge is 0.481 e. The maximum atomic E-state index is 10.1. The van der Waals surface area contributed by atoms with Gasteiger partial charge in [-0.05, 0) is 0 Å². The minimum Gasteiger partial charge on any atom is -0.481 e. The Bertz CT molecular complexity index is 213. The van der Waals surface area contributed by atoms with Crippen molar-refractivity contribution in [1.82, 2.24) is 9.97 Å². The number of H-pyrrole nitrogens is 1. The van der Waals surface area contributed by atoms with Gasteiger partial charge in [0.05, 0.1) is 6.42 Å². The van der Waals surface area contributed by atoms with E-state index in [0.717, 1.165) is 5.82 Å². The molecule has 6 heteroatoms. The van der Waals surface area contributed by atoms with Crippen LogP contribution in [0.3, 0.4) is 0 Å². The maximum Gasteiger partial charge on any atom is 0.303 e. The summed E-state index contributed by atoms with van der Waals surface area (Å²) in [5.41, 5.74) is 0. The number of hydrogen-bond donors (Lipinski definition) is 2. The number of carboxylic acid groups (broad SMARTS) is 1. The van der Waals surface area contributed by atoms with Gasteiger partial charge in [-0.3, -0.25) is 4.79 Å². The van der Waals surface area contributed by atoms with Crippen molar-refractivity contribution in [3.63, 3.8) is 0 Å². The molecular formula is C6H10Cl2N2O2. The van der Waals surface area contributed by atoms with Crippen molar-refractivity contribution in [1.29, 1.82) is 0 Å². The van der Waals surface area contributed by atoms with Crippen LogP contribution >= 0.6 is 24.8 Å². The topological polar surface area (TPSA) is 66.0 Å². The Kier molecular flexibility index (Phi) is 7.99. The fourth-order valence-electron chi connectivity index (χ4n) is 0.660. The van der Waals surface area contributed by atoms with Crippen LogP contribution in [0, 0.1) is 0 Å². The number of carboxylic acids is 1. The van der Waals surface area contributed by atoms with Gasteiger partial charge in [-0.25, -0.2) is 4.98 Å². The Morgan fingerprint density at radius 1 is 1.58 bits per heavy atom. The highest BCUT2D eigenvalue weighted by atomic mass is 35.5. The Hall–Kier alpha value is -0.740. The van der Waals surface area contributed by atoms with Crippen LogP contribution in [0.1, 0.15) is 12.2 Å². The molecule has 12 heavy (non-hydrogen) atoms. The molecule has 0 unspecified atom stereocenters. The standard InChI is InChI=1S/C6H8N2O2.2ClH/c9-6(10)2-1-5-7-3-4-8-5;;/h3-4H,1-2H2,(H,7,8)(H,9,10);2*1H. The number of nitrogens with one attached hydrogen (secondary N) is 1. The summed E-state index contributed by atoms with van der Waals surface area (Å²) in [6, 6.07) is 0. The molecule has 0 bridgehead atoms. The van der Waals surface area contributed by atoms with Gasteiger partial charge in [0.25, 0.3) is 0 Å². The van der Waals surface area contributed by atoms with Crippen LogP contribution in [-0.4, -0.2) is 21.0 Å². The molecule has 1 aromatic heterocycles. The van der Waals surface area contributed by atoms with Crippen LogP contribution < -0.4 is 0 Å². The van der Waals surface area contributed by atoms with E-state index in [1.807, 2.05) is 0 Å². The van der Waals surface area contributed by atoms with Gasteiger partial charge in [0.15, 0.2) is 0 Å². The number of aliphatic carboxylic acids is 1. The van der Waals surface area contributed by atoms with Crippen molar-refractivity contribution in [3.05, 3.63) is 18.2 Å². The molecule has 1 rings (SSSR count). The molecule has 0 amide bonds. The molecule has 0 aliphatic carbocycles. The number of aromatic amines is 1. The van der Waals surface area contributed by atoms with Gasteiger partial charge in [0.1, 0.15) is 5.82 Å². The number of imidazole rings is 1. The summed E-state index contributed by atoms with van der Waals surface area (Å²) in [5, 5.41) is 8.27. The van der Waals surface area contributed by atoms with Gasteiger partial charge in [-0.15, -0.1) is 24.8 Å². The van der Waals surface area contributed by atoms with E-state index < -0.39 is 5.97 Å². The van der Waals surface area contributed by atoms with E-state index in [4.69, 9.17) is 5.11 Å². The summed E-state index contributed by atoms with van der Waals surface area (Å²) in [6.07, 6.45) is 3.89. The summed E-state index contributed by atoms with van der Waals surface area (Å²) in [5.74, 6) is -0.0706. The normalized spacial score (nSPS) is 8.00. The van der Waals surface area contributed by atoms with Gasteiger partial charge in [-0.1, -0.05) is 0 Å². The summed E-state index contributed by atoms with van der Waals surface area (Å²) in [6.45, 7) is 0. The lowest BCUT2D eigenvalue weighted by atomic mass is 10.3. The lowest BCUT2D eigenvalue weighted by molar-refractivity contribution is -0.137. The average Bonchev–Trinajstić information content (AvgIpc) is 2.34. The summed E-state index contributed by atoms with van der Waals surface area (Å²) >= 11 is 0. The smallest absolute Gasteiger partial charge is 0.303 e. The maximum absolute atomic E-state index is 10.1. The van der Waals surface area contributed by atoms with Crippen LogP contribution in [0.25, 0.3) is 0 Å². The van der Waals surface area contributed by atoms with Crippen LogP contribution in [-0.2, 0) is 11.2 Å². The molecule has 0 aromatic carbocycles. The number of rotatable bonds is 3. The molecule has 0 aliphatic heterocycles. The third-order valence-corrected chi connectivity index (χ3v) is 1.13. The number of nitrogens with zero attached hydrogens (tertiary/aromatic N) is 1. The molecule has 0 spiro atoms. The van der Waals surface area contributed by atoms with E-state index in [1.54, 1.807) is 12.4 Å². The molecule has 0 fully saturated rings. The van der Waals surface area contributed by atoms with Crippen molar-refractivity contribution >= 4 is 30.8 Å². The molecule has 0 aliphatic rings. The average molecular weight is 213 g/mol. The summed E-state index contributed by atoms with van der Waals surface area (Å²) < 4.78 is 0. The Labute approximate surface area is 82.2 Å². The van der Waals surface area contributed by atoms with Crippen LogP contribution in [0.15, 0.2) is 12.4 Å². The van der Waals surface area contributed by atoms with E-state index in [0.29, 0.717) is 6.42 Å². The second kappa shape index (κ2) is 6.94. The van der Waals surface area contributed by atoms with Crippen molar-refractivity contribution < 1.29 is 9.90 Å². The fraction of sp³-hybridized carbons (Fsp3) is 0.333. The molecule has 2 N–H and O–H groups in total. The predicted molar refractivity (Wildman–Crippen MR) is 49.0 cm³/mol. The zero-order valence-electron chi connectivity index (χ0n) is 6.19. The SMILES string of the molecule is Cl.Cl.O=C(O)CCc1ncc[nH]1. The molecule has 70 valence electrons. The van der Waals surface area contributed by atoms with Gasteiger partial charge < -0.3 is 10.1 Å². The molecular weight excluding hydrogens is 203 g/mol. The molecule has 0 radical (unpaired) electrons. The summed E-state index contributed by atoms with van der Waals surface area (Å²) in [4.78, 5) is 16.7. The molecule has 0 atom stereocenters. The number of halogens is 2. The second-order valence-electron chi connectivity index (χ2n) is 1.93. The first-order chi connectivity index (χ1) is 4.79. The third-order valence-electron chi connectivity index (χ3n) is 1.13. The van der Waals surface area contributed by atoms with Crippen LogP contribution in [0.5, 0.6) is 0 Å². The van der Waals surface area contributed by atoms with Crippen LogP contribution in [0.4, 0.5) is 0 Å². The molecule has 1 aromatic rings. The lowest BCUT2D eigenvalue weighted by Crippen LogP contribution is -1.98. The van der Waals surface area contributed by atoms with Crippen molar-refractivity contribution in [2.75, 3.05) is 0 Å². The van der Waals surface area contributed by atoms with Gasteiger partial charge in [0, 0.05) is 18.8 Å². The van der Waals surface area contributed by atoms with Gasteiger partial charge >= 0.3 is 5.97 Å². The van der Waals surface area contributed by atoms with Crippen molar-refractivity contribution in [2.24, 2.45) is 0 Å². The lowest BCUT2D eigenvalue weighted by Gasteiger charge is -1.89. The quantitative estimate of drug-likeness (QED) is 0.794. The fourth-order valence-corrected chi connectivity index (χ4v) is 0.660. The minimum atomic E-state index is -0.795. The number of hydrogen-bond acceptors (Lipinski definition) is 2. The summed E-state index contributed by atoms with van der Waals surface area (Å²) in [7, 11) is 0. The number of carbonyl (C=O) groups is 1. The monoisotopic (exact) mass is 212 g/mol. The van der Waals surface area contributed by atoms with Crippen molar-refractivity contribution in [3.8, 4) is 0 Å². The van der Waals surface area contributed by atoms with Crippen LogP contribution in [0.2, 0.25) is 0 Å².